The Morgan fingerprint density at radius 3 is 3.06 bits per heavy atom. The van der Waals surface area contributed by atoms with Crippen LogP contribution in [0.5, 0.6) is 5.75 Å². The smallest absolute Gasteiger partial charge is 0.342 e. The summed E-state index contributed by atoms with van der Waals surface area (Å²) in [6, 6.07) is 5.00. The number of hydrogen-bond donors (Lipinski definition) is 1. The molecular formula is C12H11ClO4. The fraction of sp³-hybridized carbons (Fsp3) is 0.250. The van der Waals surface area contributed by atoms with Crippen molar-refractivity contribution in [3.63, 3.8) is 0 Å². The maximum absolute atomic E-state index is 11.7. The number of para-hydroxylation sites is 1. The highest BCUT2D eigenvalue weighted by Crippen LogP contribution is 2.38. The molecule has 1 heterocycles. The highest BCUT2D eigenvalue weighted by Gasteiger charge is 2.27. The monoisotopic (exact) mass is 254 g/mol. The van der Waals surface area contributed by atoms with Gasteiger partial charge in [-0.3, -0.25) is 0 Å². The lowest BCUT2D eigenvalue weighted by atomic mass is 10.0. The van der Waals surface area contributed by atoms with E-state index in [9.17, 15) is 9.90 Å². The molecule has 0 aliphatic carbocycles. The fourth-order valence-electron chi connectivity index (χ4n) is 1.65. The van der Waals surface area contributed by atoms with Crippen molar-refractivity contribution in [3.05, 3.63) is 34.5 Å². The van der Waals surface area contributed by atoms with Crippen LogP contribution in [0.1, 0.15) is 12.5 Å². The van der Waals surface area contributed by atoms with Crippen LogP contribution in [0.25, 0.3) is 5.57 Å². The average molecular weight is 255 g/mol. The Morgan fingerprint density at radius 1 is 1.59 bits per heavy atom. The van der Waals surface area contributed by atoms with E-state index in [1.807, 2.05) is 0 Å². The van der Waals surface area contributed by atoms with Crippen molar-refractivity contribution in [2.45, 2.75) is 6.92 Å². The van der Waals surface area contributed by atoms with Crippen LogP contribution in [-0.2, 0) is 9.53 Å². The van der Waals surface area contributed by atoms with Crippen molar-refractivity contribution in [2.75, 3.05) is 13.2 Å². The lowest BCUT2D eigenvalue weighted by Crippen LogP contribution is -2.18. The largest absolute Gasteiger partial charge is 0.508 e. The molecule has 0 atom stereocenters. The summed E-state index contributed by atoms with van der Waals surface area (Å²) < 4.78 is 10.2. The zero-order valence-corrected chi connectivity index (χ0v) is 9.95. The molecule has 1 aliphatic heterocycles. The summed E-state index contributed by atoms with van der Waals surface area (Å²) in [4.78, 5) is 11.7. The van der Waals surface area contributed by atoms with Crippen molar-refractivity contribution in [1.29, 1.82) is 0 Å². The van der Waals surface area contributed by atoms with Gasteiger partial charge in [0.15, 0.2) is 0 Å². The summed E-state index contributed by atoms with van der Waals surface area (Å²) in [5.74, 6) is -0.315. The highest BCUT2D eigenvalue weighted by molar-refractivity contribution is 6.33. The first-order valence-electron chi connectivity index (χ1n) is 5.16. The molecule has 0 unspecified atom stereocenters. The number of fused-ring (bicyclic) bond motifs is 1. The van der Waals surface area contributed by atoms with Crippen molar-refractivity contribution >= 4 is 23.1 Å². The molecule has 2 rings (SSSR count). The van der Waals surface area contributed by atoms with Crippen LogP contribution >= 0.6 is 11.6 Å². The third-order valence-corrected chi connectivity index (χ3v) is 2.66. The van der Waals surface area contributed by atoms with E-state index in [1.165, 1.54) is 0 Å². The summed E-state index contributed by atoms with van der Waals surface area (Å²) >= 11 is 5.96. The third kappa shape index (κ3) is 2.08. The van der Waals surface area contributed by atoms with Crippen molar-refractivity contribution in [2.24, 2.45) is 0 Å². The van der Waals surface area contributed by atoms with Gasteiger partial charge in [0.1, 0.15) is 23.7 Å². The van der Waals surface area contributed by atoms with Crippen LogP contribution in [-0.4, -0.2) is 24.3 Å². The minimum absolute atomic E-state index is 0.0785. The van der Waals surface area contributed by atoms with Gasteiger partial charge in [0.2, 0.25) is 0 Å². The lowest BCUT2D eigenvalue weighted by Gasteiger charge is -2.20. The molecule has 0 aromatic heterocycles. The van der Waals surface area contributed by atoms with Gasteiger partial charge in [0, 0.05) is 5.56 Å². The zero-order chi connectivity index (χ0) is 12.4. The highest BCUT2D eigenvalue weighted by atomic mass is 35.5. The standard InChI is InChI=1S/C12H11ClO4/c1-2-16-12(15)10-7-4-3-5-8(13)11(7)17-6-9(10)14/h3-5,14H,2,6H2,1H3. The number of aliphatic hydroxyl groups is 1. The molecule has 1 aromatic rings. The van der Waals surface area contributed by atoms with Gasteiger partial charge in [0.05, 0.1) is 11.6 Å². The topological polar surface area (TPSA) is 55.8 Å². The summed E-state index contributed by atoms with van der Waals surface area (Å²) in [6.45, 7) is 1.87. The second-order valence-corrected chi connectivity index (χ2v) is 3.85. The maximum atomic E-state index is 11.7. The molecule has 90 valence electrons. The Hall–Kier alpha value is -1.68. The molecule has 1 aromatic carbocycles. The van der Waals surface area contributed by atoms with Gasteiger partial charge in [-0.2, -0.15) is 0 Å². The van der Waals surface area contributed by atoms with Gasteiger partial charge >= 0.3 is 5.97 Å². The number of hydrogen-bond acceptors (Lipinski definition) is 4. The van der Waals surface area contributed by atoms with E-state index in [4.69, 9.17) is 21.1 Å². The Morgan fingerprint density at radius 2 is 2.35 bits per heavy atom. The molecule has 17 heavy (non-hydrogen) atoms. The first kappa shape index (κ1) is 11.8. The number of halogens is 1. The number of benzene rings is 1. The Balaban J connectivity index is 2.51. The molecule has 0 radical (unpaired) electrons. The van der Waals surface area contributed by atoms with E-state index < -0.39 is 5.97 Å². The number of rotatable bonds is 2. The molecule has 4 nitrogen and oxygen atoms in total. The van der Waals surface area contributed by atoms with Gasteiger partial charge in [-0.25, -0.2) is 4.79 Å². The van der Waals surface area contributed by atoms with Crippen molar-refractivity contribution in [3.8, 4) is 5.75 Å². The second-order valence-electron chi connectivity index (χ2n) is 3.45. The Bertz CT molecular complexity index is 493. The quantitative estimate of drug-likeness (QED) is 0.824. The minimum atomic E-state index is -0.572. The lowest BCUT2D eigenvalue weighted by molar-refractivity contribution is -0.136. The predicted molar refractivity (Wildman–Crippen MR) is 63.1 cm³/mol. The first-order chi connectivity index (χ1) is 8.15. The fourth-order valence-corrected chi connectivity index (χ4v) is 1.88. The normalized spacial score (nSPS) is 14.0. The van der Waals surface area contributed by atoms with Crippen LogP contribution in [0.2, 0.25) is 5.02 Å². The van der Waals surface area contributed by atoms with E-state index in [-0.39, 0.29) is 24.5 Å². The summed E-state index contributed by atoms with van der Waals surface area (Å²) in [6.07, 6.45) is 0. The molecule has 1 N–H and O–H groups in total. The Labute approximate surface area is 103 Å². The van der Waals surface area contributed by atoms with Crippen LogP contribution < -0.4 is 4.74 Å². The van der Waals surface area contributed by atoms with Gasteiger partial charge in [-0.15, -0.1) is 0 Å². The van der Waals surface area contributed by atoms with Crippen molar-refractivity contribution in [1.82, 2.24) is 0 Å². The van der Waals surface area contributed by atoms with E-state index in [1.54, 1.807) is 25.1 Å². The molecular weight excluding hydrogens is 244 g/mol. The van der Waals surface area contributed by atoms with Crippen LogP contribution in [0.4, 0.5) is 0 Å². The molecule has 0 fully saturated rings. The SMILES string of the molecule is CCOC(=O)C1=C(O)COc2c(Cl)cccc21. The van der Waals surface area contributed by atoms with E-state index in [0.717, 1.165) is 0 Å². The van der Waals surface area contributed by atoms with E-state index >= 15 is 0 Å². The summed E-state index contributed by atoms with van der Waals surface area (Å²) in [5.41, 5.74) is 0.579. The summed E-state index contributed by atoms with van der Waals surface area (Å²) in [7, 11) is 0. The predicted octanol–water partition coefficient (Wildman–Crippen LogP) is 2.56. The molecule has 1 aliphatic rings. The van der Waals surface area contributed by atoms with E-state index in [2.05, 4.69) is 0 Å². The van der Waals surface area contributed by atoms with Gasteiger partial charge in [0.25, 0.3) is 0 Å². The zero-order valence-electron chi connectivity index (χ0n) is 9.20. The number of carbonyl (C=O) groups excluding carboxylic acids is 1. The van der Waals surface area contributed by atoms with Crippen LogP contribution in [0.15, 0.2) is 24.0 Å². The molecule has 0 spiro atoms. The second kappa shape index (κ2) is 4.67. The summed E-state index contributed by atoms with van der Waals surface area (Å²) in [5, 5.41) is 10.1. The number of esters is 1. The maximum Gasteiger partial charge on any atom is 0.342 e. The van der Waals surface area contributed by atoms with Crippen LogP contribution in [0, 0.1) is 0 Å². The Kier molecular flexibility index (Phi) is 3.24. The first-order valence-corrected chi connectivity index (χ1v) is 5.53. The van der Waals surface area contributed by atoms with Gasteiger partial charge < -0.3 is 14.6 Å². The molecule has 0 bridgehead atoms. The number of carbonyl (C=O) groups is 1. The van der Waals surface area contributed by atoms with Crippen molar-refractivity contribution < 1.29 is 19.4 Å². The average Bonchev–Trinajstić information content (AvgIpc) is 2.29. The molecule has 0 amide bonds. The minimum Gasteiger partial charge on any atom is -0.508 e. The molecule has 0 saturated heterocycles. The third-order valence-electron chi connectivity index (χ3n) is 2.36. The number of ether oxygens (including phenoxy) is 2. The van der Waals surface area contributed by atoms with Crippen LogP contribution in [0.3, 0.4) is 0 Å². The molecule has 0 saturated carbocycles. The molecule has 5 heteroatoms. The van der Waals surface area contributed by atoms with Gasteiger partial charge in [-0.05, 0) is 13.0 Å². The number of aliphatic hydroxyl groups excluding tert-OH is 1. The van der Waals surface area contributed by atoms with Gasteiger partial charge in [-0.1, -0.05) is 23.7 Å². The van der Waals surface area contributed by atoms with E-state index in [0.29, 0.717) is 16.3 Å².